The summed E-state index contributed by atoms with van der Waals surface area (Å²) >= 11 is 0. The molecule has 2 aliphatic heterocycles. The number of hydrogen-bond acceptors (Lipinski definition) is 6. The summed E-state index contributed by atoms with van der Waals surface area (Å²) in [4.78, 5) is 29.3. The zero-order chi connectivity index (χ0) is 22.5. The summed E-state index contributed by atoms with van der Waals surface area (Å²) < 4.78 is 0. The third-order valence-electron chi connectivity index (χ3n) is 6.76. The number of anilines is 2. The molecule has 0 unspecified atom stereocenters. The van der Waals surface area contributed by atoms with Crippen LogP contribution in [-0.4, -0.2) is 69.4 Å². The molecule has 0 spiro atoms. The summed E-state index contributed by atoms with van der Waals surface area (Å²) in [6.45, 7) is 5.08. The van der Waals surface area contributed by atoms with E-state index in [4.69, 9.17) is 0 Å². The number of piperidine rings is 2. The van der Waals surface area contributed by atoms with Crippen molar-refractivity contribution in [3.8, 4) is 0 Å². The Morgan fingerprint density at radius 1 is 1.06 bits per heavy atom. The van der Waals surface area contributed by atoms with Crippen LogP contribution < -0.4 is 10.6 Å². The lowest BCUT2D eigenvalue weighted by Gasteiger charge is -2.33. The van der Waals surface area contributed by atoms with Crippen LogP contribution in [-0.2, 0) is 11.3 Å². The van der Waals surface area contributed by atoms with Gasteiger partial charge in [-0.05, 0) is 56.5 Å². The molecule has 1 amide bonds. The molecule has 2 aromatic heterocycles. The average Bonchev–Trinajstić information content (AvgIpc) is 3.34. The number of aromatic amines is 1. The van der Waals surface area contributed by atoms with Crippen molar-refractivity contribution in [2.45, 2.75) is 44.7 Å². The van der Waals surface area contributed by atoms with E-state index in [2.05, 4.69) is 48.7 Å². The lowest BCUT2D eigenvalue weighted by molar-refractivity contribution is -0.130. The zero-order valence-electron chi connectivity index (χ0n) is 19.1. The first kappa shape index (κ1) is 21.7. The van der Waals surface area contributed by atoms with Crippen LogP contribution in [0.2, 0.25) is 0 Å². The van der Waals surface area contributed by atoms with Gasteiger partial charge in [-0.3, -0.25) is 9.69 Å². The highest BCUT2D eigenvalue weighted by molar-refractivity contribution is 5.87. The van der Waals surface area contributed by atoms with Crippen molar-refractivity contribution in [2.75, 3.05) is 43.4 Å². The zero-order valence-corrected chi connectivity index (χ0v) is 19.1. The second-order valence-electron chi connectivity index (χ2n) is 9.13. The van der Waals surface area contributed by atoms with Crippen LogP contribution in [0.5, 0.6) is 0 Å². The van der Waals surface area contributed by atoms with E-state index in [1.165, 1.54) is 24.8 Å². The molecule has 4 heterocycles. The van der Waals surface area contributed by atoms with E-state index < -0.39 is 0 Å². The van der Waals surface area contributed by atoms with Crippen molar-refractivity contribution in [1.82, 2.24) is 24.8 Å². The predicted octanol–water partition coefficient (Wildman–Crippen LogP) is 3.46. The Labute approximate surface area is 194 Å². The van der Waals surface area contributed by atoms with Crippen molar-refractivity contribution in [3.05, 3.63) is 48.4 Å². The average molecular weight is 448 g/mol. The van der Waals surface area contributed by atoms with Crippen LogP contribution in [0.4, 0.5) is 11.5 Å². The Bertz CT molecular complexity index is 1080. The summed E-state index contributed by atoms with van der Waals surface area (Å²) in [7, 11) is 0. The highest BCUT2D eigenvalue weighted by Crippen LogP contribution is 2.22. The van der Waals surface area contributed by atoms with Crippen LogP contribution in [0.3, 0.4) is 0 Å². The molecule has 1 aromatic carbocycles. The molecule has 3 aromatic rings. The molecule has 2 aliphatic rings. The lowest BCUT2D eigenvalue weighted by atomic mass is 10.1. The van der Waals surface area contributed by atoms with Gasteiger partial charge in [0.25, 0.3) is 0 Å². The predicted molar refractivity (Wildman–Crippen MR) is 131 cm³/mol. The minimum Gasteiger partial charge on any atom is -0.376 e. The van der Waals surface area contributed by atoms with Gasteiger partial charge in [-0.2, -0.15) is 0 Å². The molecule has 0 bridgehead atoms. The molecule has 8 heteroatoms. The van der Waals surface area contributed by atoms with Gasteiger partial charge in [-0.25, -0.2) is 9.97 Å². The van der Waals surface area contributed by atoms with E-state index in [0.29, 0.717) is 13.1 Å². The van der Waals surface area contributed by atoms with Gasteiger partial charge in [0.1, 0.15) is 17.8 Å². The summed E-state index contributed by atoms with van der Waals surface area (Å²) in [5.41, 5.74) is 3.16. The molecule has 0 saturated carbocycles. The minimum atomic E-state index is 0.142. The van der Waals surface area contributed by atoms with Crippen LogP contribution in [0, 0.1) is 0 Å². The van der Waals surface area contributed by atoms with Gasteiger partial charge in [0, 0.05) is 37.6 Å². The number of rotatable bonds is 7. The Morgan fingerprint density at radius 2 is 1.94 bits per heavy atom. The fourth-order valence-electron chi connectivity index (χ4n) is 4.97. The largest absolute Gasteiger partial charge is 0.376 e. The Hall–Kier alpha value is -3.13. The van der Waals surface area contributed by atoms with Crippen molar-refractivity contribution in [3.63, 3.8) is 0 Å². The van der Waals surface area contributed by atoms with Crippen LogP contribution in [0.15, 0.2) is 42.9 Å². The van der Waals surface area contributed by atoms with Crippen molar-refractivity contribution >= 4 is 28.4 Å². The van der Waals surface area contributed by atoms with Crippen molar-refractivity contribution in [1.29, 1.82) is 0 Å². The van der Waals surface area contributed by atoms with E-state index >= 15 is 0 Å². The van der Waals surface area contributed by atoms with Crippen LogP contribution >= 0.6 is 0 Å². The lowest BCUT2D eigenvalue weighted by Crippen LogP contribution is -2.47. The molecular formula is C25H33N7O. The first-order chi connectivity index (χ1) is 16.3. The number of para-hydroxylation sites is 1. The smallest absolute Gasteiger partial charge is 0.241 e. The molecule has 0 radical (unpaired) electrons. The first-order valence-corrected chi connectivity index (χ1v) is 12.1. The normalized spacial score (nSPS) is 19.5. The van der Waals surface area contributed by atoms with E-state index in [9.17, 15) is 4.79 Å². The van der Waals surface area contributed by atoms with E-state index in [0.717, 1.165) is 61.6 Å². The summed E-state index contributed by atoms with van der Waals surface area (Å²) in [6.07, 6.45) is 9.34. The fourth-order valence-corrected chi connectivity index (χ4v) is 4.97. The summed E-state index contributed by atoms with van der Waals surface area (Å²) in [5.74, 6) is 0.967. The van der Waals surface area contributed by atoms with Crippen LogP contribution in [0.1, 0.15) is 37.7 Å². The molecule has 5 rings (SSSR count). The van der Waals surface area contributed by atoms with E-state index in [1.807, 2.05) is 23.2 Å². The van der Waals surface area contributed by atoms with Gasteiger partial charge in [0.15, 0.2) is 0 Å². The quantitative estimate of drug-likeness (QED) is 0.514. The molecule has 1 atom stereocenters. The van der Waals surface area contributed by atoms with Crippen molar-refractivity contribution < 1.29 is 4.79 Å². The van der Waals surface area contributed by atoms with Gasteiger partial charge < -0.3 is 20.5 Å². The van der Waals surface area contributed by atoms with Gasteiger partial charge in [-0.15, -0.1) is 0 Å². The Morgan fingerprint density at radius 3 is 2.85 bits per heavy atom. The fraction of sp³-hybridized carbons (Fsp3) is 0.480. The minimum absolute atomic E-state index is 0.142. The molecule has 2 saturated heterocycles. The van der Waals surface area contributed by atoms with E-state index in [-0.39, 0.29) is 11.9 Å². The van der Waals surface area contributed by atoms with Gasteiger partial charge in [-0.1, -0.05) is 24.6 Å². The third-order valence-corrected chi connectivity index (χ3v) is 6.76. The number of likely N-dealkylation sites (tertiary alicyclic amines) is 2. The number of nitrogens with one attached hydrogen (secondary N) is 3. The maximum absolute atomic E-state index is 13.0. The third kappa shape index (κ3) is 5.27. The molecule has 174 valence electrons. The molecular weight excluding hydrogens is 414 g/mol. The van der Waals surface area contributed by atoms with Gasteiger partial charge >= 0.3 is 0 Å². The van der Waals surface area contributed by atoms with Gasteiger partial charge in [0.05, 0.1) is 11.9 Å². The standard InChI is InChI=1S/C25H33N7O/c33-23(15-27-22-9-3-2-7-19(22)16-31-12-4-1-5-13-31)32-14-6-8-20(17-32)30-25-21-10-11-26-24(21)28-18-29-25/h2-3,7,9-11,18,20,27H,1,4-6,8,12-17H2,(H2,26,28,29,30)/t20-/m1/s1. The SMILES string of the molecule is O=C(CNc1ccccc1CN1CCCCC1)N1CCC[C@@H](Nc2ncnc3[nH]ccc23)C1. The number of carbonyl (C=O) groups is 1. The first-order valence-electron chi connectivity index (χ1n) is 12.1. The number of fused-ring (bicyclic) bond motifs is 1. The number of amides is 1. The van der Waals surface area contributed by atoms with Gasteiger partial charge in [0.2, 0.25) is 5.91 Å². The molecule has 33 heavy (non-hydrogen) atoms. The maximum Gasteiger partial charge on any atom is 0.241 e. The number of H-pyrrole nitrogens is 1. The molecule has 2 fully saturated rings. The highest BCUT2D eigenvalue weighted by Gasteiger charge is 2.24. The second-order valence-corrected chi connectivity index (χ2v) is 9.13. The summed E-state index contributed by atoms with van der Waals surface area (Å²) in [5, 5.41) is 7.93. The summed E-state index contributed by atoms with van der Waals surface area (Å²) in [6, 6.07) is 10.5. The molecule has 8 nitrogen and oxygen atoms in total. The number of benzene rings is 1. The monoisotopic (exact) mass is 447 g/mol. The van der Waals surface area contributed by atoms with Crippen LogP contribution in [0.25, 0.3) is 11.0 Å². The Kier molecular flexibility index (Phi) is 6.71. The molecule has 3 N–H and O–H groups in total. The molecule has 0 aliphatic carbocycles. The number of hydrogen-bond donors (Lipinski definition) is 3. The maximum atomic E-state index is 13.0. The second kappa shape index (κ2) is 10.2. The highest BCUT2D eigenvalue weighted by atomic mass is 16.2. The van der Waals surface area contributed by atoms with E-state index in [1.54, 1.807) is 6.33 Å². The number of carbonyl (C=O) groups excluding carboxylic acids is 1. The number of aromatic nitrogens is 3. The van der Waals surface area contributed by atoms with Crippen molar-refractivity contribution in [2.24, 2.45) is 0 Å². The topological polar surface area (TPSA) is 89.2 Å². The number of nitrogens with zero attached hydrogens (tertiary/aromatic N) is 4. The Balaban J connectivity index is 1.17.